The molecule has 0 aromatic heterocycles. The number of piperidine rings is 1. The van der Waals surface area contributed by atoms with Crippen molar-refractivity contribution < 1.29 is 9.59 Å². The maximum Gasteiger partial charge on any atom is 0.241 e. The van der Waals surface area contributed by atoms with E-state index in [0.29, 0.717) is 18.8 Å². The van der Waals surface area contributed by atoms with Crippen LogP contribution in [0.15, 0.2) is 24.3 Å². The zero-order chi connectivity index (χ0) is 17.4. The van der Waals surface area contributed by atoms with Crippen molar-refractivity contribution >= 4 is 11.8 Å². The van der Waals surface area contributed by atoms with Gasteiger partial charge in [-0.2, -0.15) is 0 Å². The van der Waals surface area contributed by atoms with Gasteiger partial charge in [-0.1, -0.05) is 29.8 Å². The molecule has 0 radical (unpaired) electrons. The summed E-state index contributed by atoms with van der Waals surface area (Å²) in [7, 11) is 1.94. The first kappa shape index (κ1) is 18.5. The molecule has 2 amide bonds. The van der Waals surface area contributed by atoms with E-state index in [0.717, 1.165) is 38.0 Å². The SMILES string of the molecule is CNCC1CCCN(C(=O)CNC(=O)CCc2ccc(C)cc2)C1. The third-order valence-corrected chi connectivity index (χ3v) is 4.56. The van der Waals surface area contributed by atoms with E-state index in [1.165, 1.54) is 5.56 Å². The zero-order valence-electron chi connectivity index (χ0n) is 14.8. The maximum absolute atomic E-state index is 12.3. The number of hydrogen-bond donors (Lipinski definition) is 2. The van der Waals surface area contributed by atoms with Crippen LogP contribution in [0, 0.1) is 12.8 Å². The lowest BCUT2D eigenvalue weighted by atomic mass is 9.98. The summed E-state index contributed by atoms with van der Waals surface area (Å²) in [4.78, 5) is 26.1. The van der Waals surface area contributed by atoms with Gasteiger partial charge in [-0.3, -0.25) is 9.59 Å². The fraction of sp³-hybridized carbons (Fsp3) is 0.579. The van der Waals surface area contributed by atoms with E-state index in [1.54, 1.807) is 0 Å². The largest absolute Gasteiger partial charge is 0.347 e. The lowest BCUT2D eigenvalue weighted by Crippen LogP contribution is -2.46. The Morgan fingerprint density at radius 2 is 2.00 bits per heavy atom. The molecule has 2 N–H and O–H groups in total. The normalized spacial score (nSPS) is 17.6. The van der Waals surface area contributed by atoms with Gasteiger partial charge >= 0.3 is 0 Å². The van der Waals surface area contributed by atoms with E-state index >= 15 is 0 Å². The summed E-state index contributed by atoms with van der Waals surface area (Å²) in [6.07, 6.45) is 3.32. The summed E-state index contributed by atoms with van der Waals surface area (Å²) in [6.45, 7) is 4.69. The summed E-state index contributed by atoms with van der Waals surface area (Å²) in [5, 5.41) is 5.94. The van der Waals surface area contributed by atoms with Gasteiger partial charge in [-0.15, -0.1) is 0 Å². The Morgan fingerprint density at radius 1 is 1.25 bits per heavy atom. The van der Waals surface area contributed by atoms with Crippen LogP contribution in [0.4, 0.5) is 0 Å². The van der Waals surface area contributed by atoms with Crippen LogP contribution < -0.4 is 10.6 Å². The van der Waals surface area contributed by atoms with Crippen LogP contribution in [0.5, 0.6) is 0 Å². The van der Waals surface area contributed by atoms with Gasteiger partial charge in [0, 0.05) is 19.5 Å². The lowest BCUT2D eigenvalue weighted by Gasteiger charge is -2.32. The average Bonchev–Trinajstić information content (AvgIpc) is 2.59. The first-order valence-electron chi connectivity index (χ1n) is 8.83. The van der Waals surface area contributed by atoms with Crippen LogP contribution in [0.2, 0.25) is 0 Å². The van der Waals surface area contributed by atoms with Crippen molar-refractivity contribution in [2.24, 2.45) is 5.92 Å². The Hall–Kier alpha value is -1.88. The molecule has 1 saturated heterocycles. The van der Waals surface area contributed by atoms with Crippen LogP contribution in [0.1, 0.15) is 30.4 Å². The van der Waals surface area contributed by atoms with E-state index in [4.69, 9.17) is 0 Å². The minimum atomic E-state index is -0.0623. The number of carbonyl (C=O) groups is 2. The van der Waals surface area contributed by atoms with Crippen LogP contribution >= 0.6 is 0 Å². The maximum atomic E-state index is 12.3. The van der Waals surface area contributed by atoms with Crippen molar-refractivity contribution in [1.29, 1.82) is 0 Å². The van der Waals surface area contributed by atoms with Gasteiger partial charge in [0.25, 0.3) is 0 Å². The van der Waals surface area contributed by atoms with Gasteiger partial charge in [0.1, 0.15) is 0 Å². The molecule has 1 aliphatic heterocycles. The van der Waals surface area contributed by atoms with Gasteiger partial charge in [0.15, 0.2) is 0 Å². The molecule has 5 nitrogen and oxygen atoms in total. The quantitative estimate of drug-likeness (QED) is 0.796. The molecule has 0 spiro atoms. The summed E-state index contributed by atoms with van der Waals surface area (Å²) in [5.41, 5.74) is 2.36. The van der Waals surface area contributed by atoms with E-state index in [9.17, 15) is 9.59 Å². The first-order chi connectivity index (χ1) is 11.6. The van der Waals surface area contributed by atoms with Crippen LogP contribution in [0.3, 0.4) is 0 Å². The van der Waals surface area contributed by atoms with Crippen LogP contribution in [0.25, 0.3) is 0 Å². The molecular formula is C19H29N3O2. The molecule has 0 saturated carbocycles. The monoisotopic (exact) mass is 331 g/mol. The van der Waals surface area contributed by atoms with Crippen molar-refractivity contribution in [3.63, 3.8) is 0 Å². The first-order valence-corrected chi connectivity index (χ1v) is 8.83. The highest BCUT2D eigenvalue weighted by Gasteiger charge is 2.23. The van der Waals surface area contributed by atoms with Gasteiger partial charge < -0.3 is 15.5 Å². The lowest BCUT2D eigenvalue weighted by molar-refractivity contribution is -0.134. The summed E-state index contributed by atoms with van der Waals surface area (Å²) in [6, 6.07) is 8.19. The number of amides is 2. The topological polar surface area (TPSA) is 61.4 Å². The van der Waals surface area contributed by atoms with E-state index < -0.39 is 0 Å². The molecule has 5 heteroatoms. The van der Waals surface area contributed by atoms with Gasteiger partial charge in [-0.25, -0.2) is 0 Å². The number of nitrogens with zero attached hydrogens (tertiary/aromatic N) is 1. The van der Waals surface area contributed by atoms with Crippen LogP contribution in [-0.4, -0.2) is 49.9 Å². The molecule has 1 aliphatic rings. The number of nitrogens with one attached hydrogen (secondary N) is 2. The molecule has 24 heavy (non-hydrogen) atoms. The molecule has 1 fully saturated rings. The highest BCUT2D eigenvalue weighted by atomic mass is 16.2. The minimum Gasteiger partial charge on any atom is -0.347 e. The Balaban J connectivity index is 1.69. The highest BCUT2D eigenvalue weighted by molar-refractivity contribution is 5.84. The third-order valence-electron chi connectivity index (χ3n) is 4.56. The fourth-order valence-electron chi connectivity index (χ4n) is 3.13. The molecule has 1 atom stereocenters. The fourth-order valence-corrected chi connectivity index (χ4v) is 3.13. The smallest absolute Gasteiger partial charge is 0.241 e. The Kier molecular flexibility index (Phi) is 7.25. The average molecular weight is 331 g/mol. The van der Waals surface area contributed by atoms with E-state index in [-0.39, 0.29) is 18.4 Å². The second kappa shape index (κ2) is 9.42. The van der Waals surface area contributed by atoms with Crippen molar-refractivity contribution in [3.8, 4) is 0 Å². The van der Waals surface area contributed by atoms with Gasteiger partial charge in [0.2, 0.25) is 11.8 Å². The Labute approximate surface area is 144 Å². The molecule has 0 aliphatic carbocycles. The molecule has 2 rings (SSSR count). The molecular weight excluding hydrogens is 302 g/mol. The zero-order valence-corrected chi connectivity index (χ0v) is 14.8. The highest BCUT2D eigenvalue weighted by Crippen LogP contribution is 2.15. The summed E-state index contributed by atoms with van der Waals surface area (Å²) < 4.78 is 0. The minimum absolute atomic E-state index is 0.0273. The third kappa shape index (κ3) is 5.96. The van der Waals surface area contributed by atoms with Crippen LogP contribution in [-0.2, 0) is 16.0 Å². The van der Waals surface area contributed by atoms with Crippen molar-refractivity contribution in [1.82, 2.24) is 15.5 Å². The number of rotatable bonds is 7. The van der Waals surface area contributed by atoms with Crippen molar-refractivity contribution in [3.05, 3.63) is 35.4 Å². The molecule has 0 bridgehead atoms. The molecule has 1 aromatic rings. The summed E-state index contributed by atoms with van der Waals surface area (Å²) >= 11 is 0. The van der Waals surface area contributed by atoms with E-state index in [2.05, 4.69) is 22.8 Å². The number of aryl methyl sites for hydroxylation is 2. The number of carbonyl (C=O) groups excluding carboxylic acids is 2. The predicted molar refractivity (Wildman–Crippen MR) is 95.7 cm³/mol. The van der Waals surface area contributed by atoms with Crippen molar-refractivity contribution in [2.45, 2.75) is 32.6 Å². The van der Waals surface area contributed by atoms with Gasteiger partial charge in [0.05, 0.1) is 6.54 Å². The van der Waals surface area contributed by atoms with Gasteiger partial charge in [-0.05, 0) is 51.3 Å². The standard InChI is InChI=1S/C19H29N3O2/c1-15-5-7-16(8-6-15)9-10-18(23)21-13-19(24)22-11-3-4-17(14-22)12-20-2/h5-8,17,20H,3-4,9-14H2,1-2H3,(H,21,23). The number of hydrogen-bond acceptors (Lipinski definition) is 3. The van der Waals surface area contributed by atoms with Crippen molar-refractivity contribution in [2.75, 3.05) is 33.2 Å². The Bertz CT molecular complexity index is 540. The number of likely N-dealkylation sites (tertiary alicyclic amines) is 1. The molecule has 1 aromatic carbocycles. The molecule has 1 unspecified atom stereocenters. The molecule has 1 heterocycles. The van der Waals surface area contributed by atoms with E-state index in [1.807, 2.05) is 31.0 Å². The number of benzene rings is 1. The summed E-state index contributed by atoms with van der Waals surface area (Å²) in [5.74, 6) is 0.483. The second-order valence-corrected chi connectivity index (χ2v) is 6.67. The Morgan fingerprint density at radius 3 is 2.71 bits per heavy atom. The predicted octanol–water partition coefficient (Wildman–Crippen LogP) is 1.50. The second-order valence-electron chi connectivity index (χ2n) is 6.67. The molecule has 132 valence electrons.